The summed E-state index contributed by atoms with van der Waals surface area (Å²) < 4.78 is 0. The molecule has 4 rings (SSSR count). The SMILES string of the molecule is Cc1ccc(C(=O)N2CC[C@]3(C[C@H]3C(=O)NCc3cccs3)C2)cc1. The first kappa shape index (κ1) is 16.3. The highest BCUT2D eigenvalue weighted by Gasteiger charge is 2.61. The zero-order valence-electron chi connectivity index (χ0n) is 14.3. The van der Waals surface area contributed by atoms with Gasteiger partial charge in [-0.2, -0.15) is 0 Å². The number of aryl methyl sites for hydroxylation is 1. The quantitative estimate of drug-likeness (QED) is 0.916. The van der Waals surface area contributed by atoms with E-state index in [1.54, 1.807) is 11.3 Å². The van der Waals surface area contributed by atoms with E-state index in [1.807, 2.05) is 53.6 Å². The minimum absolute atomic E-state index is 0.0138. The lowest BCUT2D eigenvalue weighted by molar-refractivity contribution is -0.123. The first-order valence-electron chi connectivity index (χ1n) is 8.73. The summed E-state index contributed by atoms with van der Waals surface area (Å²) >= 11 is 1.66. The van der Waals surface area contributed by atoms with Crippen LogP contribution < -0.4 is 5.32 Å². The Morgan fingerprint density at radius 1 is 1.28 bits per heavy atom. The molecule has 2 heterocycles. The number of thiophene rings is 1. The molecule has 1 N–H and O–H groups in total. The van der Waals surface area contributed by atoms with Crippen molar-refractivity contribution in [2.45, 2.75) is 26.3 Å². The minimum atomic E-state index is 0.0138. The molecule has 2 fully saturated rings. The van der Waals surface area contributed by atoms with Crippen LogP contribution in [0.3, 0.4) is 0 Å². The fourth-order valence-corrected chi connectivity index (χ4v) is 4.47. The lowest BCUT2D eigenvalue weighted by atomic mass is 10.0. The number of hydrogen-bond acceptors (Lipinski definition) is 3. The molecule has 5 heteroatoms. The monoisotopic (exact) mass is 354 g/mol. The molecule has 1 aliphatic heterocycles. The summed E-state index contributed by atoms with van der Waals surface area (Å²) in [6.45, 7) is 4.08. The third-order valence-corrected chi connectivity index (χ3v) is 6.37. The zero-order valence-corrected chi connectivity index (χ0v) is 15.1. The van der Waals surface area contributed by atoms with Crippen LogP contribution in [0.2, 0.25) is 0 Å². The molecule has 0 radical (unpaired) electrons. The van der Waals surface area contributed by atoms with E-state index in [0.717, 1.165) is 30.5 Å². The number of carbonyl (C=O) groups excluding carboxylic acids is 2. The van der Waals surface area contributed by atoms with E-state index >= 15 is 0 Å². The van der Waals surface area contributed by atoms with Gasteiger partial charge < -0.3 is 10.2 Å². The highest BCUT2D eigenvalue weighted by Crippen LogP contribution is 2.58. The molecule has 2 aromatic rings. The summed E-state index contributed by atoms with van der Waals surface area (Å²) in [4.78, 5) is 28.2. The van der Waals surface area contributed by atoms with Gasteiger partial charge in [0.25, 0.3) is 5.91 Å². The van der Waals surface area contributed by atoms with Crippen molar-refractivity contribution in [1.82, 2.24) is 10.2 Å². The van der Waals surface area contributed by atoms with Crippen molar-refractivity contribution in [3.05, 3.63) is 57.8 Å². The van der Waals surface area contributed by atoms with Crippen LogP contribution in [0, 0.1) is 18.3 Å². The highest BCUT2D eigenvalue weighted by atomic mass is 32.1. The van der Waals surface area contributed by atoms with E-state index in [-0.39, 0.29) is 23.1 Å². The Labute approximate surface area is 151 Å². The largest absolute Gasteiger partial charge is 0.351 e. The Hall–Kier alpha value is -2.14. The lowest BCUT2D eigenvalue weighted by Gasteiger charge is -2.17. The van der Waals surface area contributed by atoms with Gasteiger partial charge in [0.15, 0.2) is 0 Å². The fourth-order valence-electron chi connectivity index (χ4n) is 3.83. The van der Waals surface area contributed by atoms with Gasteiger partial charge in [0, 0.05) is 34.9 Å². The number of nitrogens with zero attached hydrogens (tertiary/aromatic N) is 1. The van der Waals surface area contributed by atoms with E-state index in [4.69, 9.17) is 0 Å². The maximum atomic E-state index is 12.7. The van der Waals surface area contributed by atoms with Gasteiger partial charge in [-0.1, -0.05) is 23.8 Å². The van der Waals surface area contributed by atoms with E-state index in [1.165, 1.54) is 4.88 Å². The molecule has 1 spiro atoms. The van der Waals surface area contributed by atoms with Gasteiger partial charge in [-0.15, -0.1) is 11.3 Å². The van der Waals surface area contributed by atoms with Crippen molar-refractivity contribution < 1.29 is 9.59 Å². The minimum Gasteiger partial charge on any atom is -0.351 e. The normalized spacial score (nSPS) is 24.5. The van der Waals surface area contributed by atoms with Gasteiger partial charge in [0.2, 0.25) is 5.91 Å². The first-order chi connectivity index (χ1) is 12.1. The number of benzene rings is 1. The predicted molar refractivity (Wildman–Crippen MR) is 98.4 cm³/mol. The standard InChI is InChI=1S/C20H22N2O2S/c1-14-4-6-15(7-5-14)19(24)22-9-8-20(13-22)11-17(20)18(23)21-12-16-3-2-10-25-16/h2-7,10,17H,8-9,11-13H2,1H3,(H,21,23)/t17-,20-/m0/s1. The first-order valence-corrected chi connectivity index (χ1v) is 9.61. The maximum absolute atomic E-state index is 12.7. The molecule has 2 atom stereocenters. The molecule has 25 heavy (non-hydrogen) atoms. The third-order valence-electron chi connectivity index (χ3n) is 5.49. The molecular formula is C20H22N2O2S. The summed E-state index contributed by atoms with van der Waals surface area (Å²) in [6.07, 6.45) is 1.84. The highest BCUT2D eigenvalue weighted by molar-refractivity contribution is 7.09. The van der Waals surface area contributed by atoms with Crippen molar-refractivity contribution >= 4 is 23.2 Å². The van der Waals surface area contributed by atoms with Crippen LogP contribution in [0.4, 0.5) is 0 Å². The molecule has 1 aromatic carbocycles. The zero-order chi connectivity index (χ0) is 17.4. The summed E-state index contributed by atoms with van der Waals surface area (Å²) in [6, 6.07) is 11.7. The molecule has 2 aliphatic rings. The fraction of sp³-hybridized carbons (Fsp3) is 0.400. The second-order valence-corrected chi connectivity index (χ2v) is 8.29. The number of hydrogen-bond donors (Lipinski definition) is 1. The van der Waals surface area contributed by atoms with Crippen LogP contribution in [0.25, 0.3) is 0 Å². The molecule has 1 saturated heterocycles. The number of rotatable bonds is 4. The van der Waals surface area contributed by atoms with Crippen molar-refractivity contribution in [2.75, 3.05) is 13.1 Å². The number of nitrogens with one attached hydrogen (secondary N) is 1. The molecule has 130 valence electrons. The lowest BCUT2D eigenvalue weighted by Crippen LogP contribution is -2.31. The van der Waals surface area contributed by atoms with Gasteiger partial charge in [-0.25, -0.2) is 0 Å². The number of carbonyl (C=O) groups is 2. The van der Waals surface area contributed by atoms with Crippen LogP contribution in [-0.2, 0) is 11.3 Å². The maximum Gasteiger partial charge on any atom is 0.253 e. The molecule has 0 unspecified atom stereocenters. The number of likely N-dealkylation sites (tertiary alicyclic amines) is 1. The van der Waals surface area contributed by atoms with E-state index in [9.17, 15) is 9.59 Å². The smallest absolute Gasteiger partial charge is 0.253 e. The van der Waals surface area contributed by atoms with Gasteiger partial charge in [0.05, 0.1) is 6.54 Å². The van der Waals surface area contributed by atoms with Crippen molar-refractivity contribution in [3.8, 4) is 0 Å². The molecule has 2 amide bonds. The summed E-state index contributed by atoms with van der Waals surface area (Å²) in [7, 11) is 0. The van der Waals surface area contributed by atoms with Crippen LogP contribution in [0.5, 0.6) is 0 Å². The van der Waals surface area contributed by atoms with Crippen LogP contribution in [-0.4, -0.2) is 29.8 Å². The van der Waals surface area contributed by atoms with E-state index in [2.05, 4.69) is 5.32 Å². The molecule has 0 bridgehead atoms. The summed E-state index contributed by atoms with van der Waals surface area (Å²) in [5, 5.41) is 5.07. The Morgan fingerprint density at radius 2 is 2.08 bits per heavy atom. The average Bonchev–Trinajstić information content (AvgIpc) is 2.96. The second kappa shape index (κ2) is 6.30. The summed E-state index contributed by atoms with van der Waals surface area (Å²) in [5.74, 6) is 0.280. The Morgan fingerprint density at radius 3 is 2.80 bits per heavy atom. The topological polar surface area (TPSA) is 49.4 Å². The Bertz CT molecular complexity index is 785. The second-order valence-electron chi connectivity index (χ2n) is 7.26. The van der Waals surface area contributed by atoms with E-state index < -0.39 is 0 Å². The Kier molecular flexibility index (Phi) is 4.12. The molecule has 4 nitrogen and oxygen atoms in total. The molecule has 1 aromatic heterocycles. The molecule has 1 saturated carbocycles. The molecular weight excluding hydrogens is 332 g/mol. The van der Waals surface area contributed by atoms with Crippen LogP contribution in [0.15, 0.2) is 41.8 Å². The van der Waals surface area contributed by atoms with Gasteiger partial charge in [0.1, 0.15) is 0 Å². The Balaban J connectivity index is 1.34. The van der Waals surface area contributed by atoms with Gasteiger partial charge >= 0.3 is 0 Å². The van der Waals surface area contributed by atoms with Gasteiger partial charge in [-0.3, -0.25) is 9.59 Å². The van der Waals surface area contributed by atoms with E-state index in [0.29, 0.717) is 13.1 Å². The average molecular weight is 354 g/mol. The predicted octanol–water partition coefficient (Wildman–Crippen LogP) is 3.23. The molecule has 1 aliphatic carbocycles. The van der Waals surface area contributed by atoms with Gasteiger partial charge in [-0.05, 0) is 43.3 Å². The third kappa shape index (κ3) is 3.21. The van der Waals surface area contributed by atoms with Crippen molar-refractivity contribution in [2.24, 2.45) is 11.3 Å². The number of amides is 2. The van der Waals surface area contributed by atoms with Crippen LogP contribution >= 0.6 is 11.3 Å². The summed E-state index contributed by atoms with van der Waals surface area (Å²) in [5.41, 5.74) is 1.90. The van der Waals surface area contributed by atoms with Crippen LogP contribution in [0.1, 0.15) is 33.6 Å². The van der Waals surface area contributed by atoms with Crippen molar-refractivity contribution in [1.29, 1.82) is 0 Å². The van der Waals surface area contributed by atoms with Crippen molar-refractivity contribution in [3.63, 3.8) is 0 Å².